The number of hydrogen-bond donors (Lipinski definition) is 2. The van der Waals surface area contributed by atoms with Gasteiger partial charge in [0.25, 0.3) is 5.91 Å². The number of rotatable bonds is 8. The highest BCUT2D eigenvalue weighted by Crippen LogP contribution is 2.18. The standard InChI is InChI=1S/C22H22N2O6S/c1-15-5-3-7-20(16(15)2)24-21(25)14-30-22(26)17-8-10-19(11-9-17)31(27,28)23-13-18-6-4-12-29-18/h3-12,23H,13-14H2,1-2H3,(H,24,25). The monoisotopic (exact) mass is 442 g/mol. The van der Waals surface area contributed by atoms with Crippen LogP contribution in [0.25, 0.3) is 0 Å². The average molecular weight is 442 g/mol. The third kappa shape index (κ3) is 5.80. The van der Waals surface area contributed by atoms with E-state index in [1.54, 1.807) is 18.2 Å². The summed E-state index contributed by atoms with van der Waals surface area (Å²) in [6, 6.07) is 14.1. The lowest BCUT2D eigenvalue weighted by Gasteiger charge is -2.11. The summed E-state index contributed by atoms with van der Waals surface area (Å²) < 4.78 is 37.2. The van der Waals surface area contributed by atoms with Crippen LogP contribution in [0.3, 0.4) is 0 Å². The lowest BCUT2D eigenvalue weighted by Crippen LogP contribution is -2.23. The molecule has 31 heavy (non-hydrogen) atoms. The summed E-state index contributed by atoms with van der Waals surface area (Å²) in [5.74, 6) is -0.727. The summed E-state index contributed by atoms with van der Waals surface area (Å²) in [5, 5.41) is 2.70. The number of esters is 1. The molecule has 0 saturated heterocycles. The summed E-state index contributed by atoms with van der Waals surface area (Å²) in [6.45, 7) is 3.36. The van der Waals surface area contributed by atoms with Gasteiger partial charge in [0.1, 0.15) is 5.76 Å². The van der Waals surface area contributed by atoms with Gasteiger partial charge in [0, 0.05) is 5.69 Å². The van der Waals surface area contributed by atoms with E-state index < -0.39 is 28.5 Å². The van der Waals surface area contributed by atoms with Gasteiger partial charge in [-0.1, -0.05) is 12.1 Å². The molecule has 1 heterocycles. The molecule has 2 N–H and O–H groups in total. The minimum Gasteiger partial charge on any atom is -0.468 e. The lowest BCUT2D eigenvalue weighted by atomic mass is 10.1. The van der Waals surface area contributed by atoms with Crippen molar-refractivity contribution < 1.29 is 27.2 Å². The van der Waals surface area contributed by atoms with Crippen LogP contribution in [0.1, 0.15) is 27.2 Å². The van der Waals surface area contributed by atoms with Crippen molar-refractivity contribution in [2.45, 2.75) is 25.3 Å². The van der Waals surface area contributed by atoms with Gasteiger partial charge in [0.2, 0.25) is 10.0 Å². The lowest BCUT2D eigenvalue weighted by molar-refractivity contribution is -0.119. The Morgan fingerprint density at radius 2 is 1.74 bits per heavy atom. The highest BCUT2D eigenvalue weighted by Gasteiger charge is 2.16. The molecule has 2 aromatic carbocycles. The van der Waals surface area contributed by atoms with Crippen molar-refractivity contribution in [1.82, 2.24) is 4.72 Å². The highest BCUT2D eigenvalue weighted by atomic mass is 32.2. The van der Waals surface area contributed by atoms with Crippen molar-refractivity contribution in [3.8, 4) is 0 Å². The van der Waals surface area contributed by atoms with E-state index in [-0.39, 0.29) is 17.0 Å². The first kappa shape index (κ1) is 22.3. The molecule has 0 fully saturated rings. The van der Waals surface area contributed by atoms with Crippen molar-refractivity contribution in [2.24, 2.45) is 0 Å². The number of nitrogens with one attached hydrogen (secondary N) is 2. The summed E-state index contributed by atoms with van der Waals surface area (Å²) >= 11 is 0. The van der Waals surface area contributed by atoms with Crippen LogP contribution in [0.4, 0.5) is 5.69 Å². The van der Waals surface area contributed by atoms with Crippen molar-refractivity contribution in [3.05, 3.63) is 83.3 Å². The van der Waals surface area contributed by atoms with Gasteiger partial charge in [-0.3, -0.25) is 4.79 Å². The van der Waals surface area contributed by atoms with E-state index >= 15 is 0 Å². The fraction of sp³-hybridized carbons (Fsp3) is 0.182. The van der Waals surface area contributed by atoms with Crippen LogP contribution in [-0.2, 0) is 26.1 Å². The van der Waals surface area contributed by atoms with Crippen LogP contribution in [0.5, 0.6) is 0 Å². The van der Waals surface area contributed by atoms with Crippen LogP contribution < -0.4 is 10.0 Å². The smallest absolute Gasteiger partial charge is 0.338 e. The number of furan rings is 1. The largest absolute Gasteiger partial charge is 0.468 e. The van der Waals surface area contributed by atoms with Crippen molar-refractivity contribution in [1.29, 1.82) is 0 Å². The number of anilines is 1. The molecule has 0 aliphatic heterocycles. The number of aryl methyl sites for hydroxylation is 1. The third-order valence-corrected chi connectivity index (χ3v) is 6.05. The van der Waals surface area contributed by atoms with Gasteiger partial charge < -0.3 is 14.5 Å². The van der Waals surface area contributed by atoms with E-state index in [2.05, 4.69) is 10.0 Å². The molecule has 0 atom stereocenters. The van der Waals surface area contributed by atoms with Crippen molar-refractivity contribution in [3.63, 3.8) is 0 Å². The van der Waals surface area contributed by atoms with E-state index in [1.807, 2.05) is 26.0 Å². The molecular weight excluding hydrogens is 420 g/mol. The van der Waals surface area contributed by atoms with Gasteiger partial charge in [-0.05, 0) is 67.4 Å². The van der Waals surface area contributed by atoms with Gasteiger partial charge in [-0.25, -0.2) is 17.9 Å². The first-order valence-electron chi connectivity index (χ1n) is 9.41. The number of sulfonamides is 1. The molecular formula is C22H22N2O6S. The number of carbonyl (C=O) groups is 2. The second kappa shape index (κ2) is 9.59. The maximum absolute atomic E-state index is 12.3. The minimum atomic E-state index is -3.77. The molecule has 0 aliphatic rings. The Morgan fingerprint density at radius 3 is 2.42 bits per heavy atom. The fourth-order valence-electron chi connectivity index (χ4n) is 2.72. The second-order valence-electron chi connectivity index (χ2n) is 6.80. The average Bonchev–Trinajstić information content (AvgIpc) is 3.28. The van der Waals surface area contributed by atoms with Crippen LogP contribution in [-0.4, -0.2) is 26.9 Å². The quantitative estimate of drug-likeness (QED) is 0.518. The molecule has 0 unspecified atom stereocenters. The molecule has 0 radical (unpaired) electrons. The van der Waals surface area contributed by atoms with Gasteiger partial charge >= 0.3 is 5.97 Å². The van der Waals surface area contributed by atoms with Gasteiger partial charge in [0.05, 0.1) is 23.3 Å². The Kier molecular flexibility index (Phi) is 6.88. The minimum absolute atomic E-state index is 0.00858. The summed E-state index contributed by atoms with van der Waals surface area (Å²) in [7, 11) is -3.77. The number of amides is 1. The van der Waals surface area contributed by atoms with Crippen LogP contribution in [0.15, 0.2) is 70.2 Å². The Labute approximate surface area is 180 Å². The first-order valence-corrected chi connectivity index (χ1v) is 10.9. The summed E-state index contributed by atoms with van der Waals surface area (Å²) in [6.07, 6.45) is 1.45. The van der Waals surface area contributed by atoms with Crippen molar-refractivity contribution >= 4 is 27.6 Å². The Balaban J connectivity index is 1.55. The zero-order chi connectivity index (χ0) is 22.4. The maximum Gasteiger partial charge on any atom is 0.338 e. The molecule has 3 rings (SSSR count). The van der Waals surface area contributed by atoms with E-state index in [0.717, 1.165) is 11.1 Å². The van der Waals surface area contributed by atoms with Gasteiger partial charge in [-0.15, -0.1) is 0 Å². The Morgan fingerprint density at radius 1 is 1.00 bits per heavy atom. The van der Waals surface area contributed by atoms with Crippen LogP contribution >= 0.6 is 0 Å². The number of benzene rings is 2. The van der Waals surface area contributed by atoms with Gasteiger partial charge in [-0.2, -0.15) is 0 Å². The predicted molar refractivity (Wildman–Crippen MR) is 114 cm³/mol. The summed E-state index contributed by atoms with van der Waals surface area (Å²) in [4.78, 5) is 24.3. The molecule has 3 aromatic rings. The van der Waals surface area contributed by atoms with E-state index in [9.17, 15) is 18.0 Å². The fourth-order valence-corrected chi connectivity index (χ4v) is 3.71. The Hall–Kier alpha value is -3.43. The molecule has 162 valence electrons. The topological polar surface area (TPSA) is 115 Å². The van der Waals surface area contributed by atoms with Crippen molar-refractivity contribution in [2.75, 3.05) is 11.9 Å². The molecule has 0 saturated carbocycles. The molecule has 1 aromatic heterocycles. The van der Waals surface area contributed by atoms with Crippen LogP contribution in [0, 0.1) is 13.8 Å². The Bertz CT molecular complexity index is 1170. The normalized spacial score (nSPS) is 11.2. The number of ether oxygens (including phenoxy) is 1. The molecule has 0 aliphatic carbocycles. The molecule has 1 amide bonds. The van der Waals surface area contributed by atoms with E-state index in [4.69, 9.17) is 9.15 Å². The zero-order valence-corrected chi connectivity index (χ0v) is 17.9. The molecule has 0 bridgehead atoms. The summed E-state index contributed by atoms with van der Waals surface area (Å²) in [5.41, 5.74) is 2.74. The van der Waals surface area contributed by atoms with Crippen LogP contribution in [0.2, 0.25) is 0 Å². The predicted octanol–water partition coefficient (Wildman–Crippen LogP) is 3.17. The molecule has 9 heteroatoms. The second-order valence-corrected chi connectivity index (χ2v) is 8.57. The zero-order valence-electron chi connectivity index (χ0n) is 17.0. The highest BCUT2D eigenvalue weighted by molar-refractivity contribution is 7.89. The first-order chi connectivity index (χ1) is 14.8. The maximum atomic E-state index is 12.3. The van der Waals surface area contributed by atoms with Gasteiger partial charge in [0.15, 0.2) is 6.61 Å². The molecule has 8 nitrogen and oxygen atoms in total. The number of carbonyl (C=O) groups excluding carboxylic acids is 2. The SMILES string of the molecule is Cc1cccc(NC(=O)COC(=O)c2ccc(S(=O)(=O)NCc3ccco3)cc2)c1C. The van der Waals surface area contributed by atoms with E-state index in [1.165, 1.54) is 30.5 Å². The third-order valence-electron chi connectivity index (χ3n) is 4.63. The number of hydrogen-bond acceptors (Lipinski definition) is 6. The van der Waals surface area contributed by atoms with E-state index in [0.29, 0.717) is 11.4 Å². The molecule has 0 spiro atoms.